The number of nitrogens with two attached hydrogens (primary N) is 1. The minimum atomic E-state index is -0.998. The summed E-state index contributed by atoms with van der Waals surface area (Å²) in [5.74, 6) is -0.601. The molecule has 0 saturated heterocycles. The van der Waals surface area contributed by atoms with Crippen molar-refractivity contribution in [2.24, 2.45) is 5.73 Å². The third-order valence-electron chi connectivity index (χ3n) is 1.75. The molecular weight excluding hydrogens is 216 g/mol. The van der Waals surface area contributed by atoms with Crippen LogP contribution in [0, 0.1) is 0 Å². The Balaban J connectivity index is 4.04. The second kappa shape index (κ2) is 7.53. The van der Waals surface area contributed by atoms with Gasteiger partial charge in [-0.2, -0.15) is 11.8 Å². The highest BCUT2D eigenvalue weighted by Crippen LogP contribution is 2.01. The molecule has 0 fully saturated rings. The molecule has 0 radical (unpaired) electrons. The summed E-state index contributed by atoms with van der Waals surface area (Å²) >= 11 is 1.55. The number of hydrogen-bond acceptors (Lipinski definition) is 4. The van der Waals surface area contributed by atoms with Gasteiger partial charge in [0.15, 0.2) is 0 Å². The standard InChI is InChI=1S/C9H18N2O3S/c1-6(10)5-8(12)11-7(9(13)14)3-4-15-2/h6-7H,3-5,10H2,1-2H3,(H,11,12)(H,13,14). The Bertz CT molecular complexity index is 221. The number of carbonyl (C=O) groups is 2. The van der Waals surface area contributed by atoms with E-state index in [4.69, 9.17) is 10.8 Å². The molecule has 15 heavy (non-hydrogen) atoms. The van der Waals surface area contributed by atoms with E-state index in [2.05, 4.69) is 5.32 Å². The predicted molar refractivity (Wildman–Crippen MR) is 60.8 cm³/mol. The molecule has 0 aromatic rings. The first-order chi connectivity index (χ1) is 6.97. The van der Waals surface area contributed by atoms with Crippen LogP contribution in [0.2, 0.25) is 0 Å². The maximum absolute atomic E-state index is 11.3. The van der Waals surface area contributed by atoms with Crippen LogP contribution in [0.15, 0.2) is 0 Å². The van der Waals surface area contributed by atoms with Crippen molar-refractivity contribution < 1.29 is 14.7 Å². The van der Waals surface area contributed by atoms with E-state index in [1.807, 2.05) is 6.26 Å². The average molecular weight is 234 g/mol. The number of carbonyl (C=O) groups excluding carboxylic acids is 1. The van der Waals surface area contributed by atoms with Crippen LogP contribution >= 0.6 is 11.8 Å². The first kappa shape index (κ1) is 14.2. The molecule has 0 heterocycles. The number of nitrogens with one attached hydrogen (secondary N) is 1. The molecule has 0 aliphatic rings. The zero-order valence-electron chi connectivity index (χ0n) is 9.03. The lowest BCUT2D eigenvalue weighted by molar-refractivity contribution is -0.141. The van der Waals surface area contributed by atoms with Gasteiger partial charge in [-0.15, -0.1) is 0 Å². The largest absolute Gasteiger partial charge is 0.480 e. The van der Waals surface area contributed by atoms with Gasteiger partial charge in [0.1, 0.15) is 6.04 Å². The second-order valence-corrected chi connectivity index (χ2v) is 4.41. The van der Waals surface area contributed by atoms with Crippen molar-refractivity contribution in [2.75, 3.05) is 12.0 Å². The molecule has 2 atom stereocenters. The summed E-state index contributed by atoms with van der Waals surface area (Å²) in [6.07, 6.45) is 2.48. The monoisotopic (exact) mass is 234 g/mol. The number of carboxylic acid groups (broad SMARTS) is 1. The number of thioether (sulfide) groups is 1. The summed E-state index contributed by atoms with van der Waals surface area (Å²) < 4.78 is 0. The van der Waals surface area contributed by atoms with E-state index in [1.54, 1.807) is 18.7 Å². The van der Waals surface area contributed by atoms with Crippen molar-refractivity contribution >= 4 is 23.6 Å². The van der Waals surface area contributed by atoms with Crippen LogP contribution in [0.1, 0.15) is 19.8 Å². The molecule has 0 aromatic carbocycles. The molecule has 0 bridgehead atoms. The molecule has 0 saturated carbocycles. The minimum absolute atomic E-state index is 0.156. The van der Waals surface area contributed by atoms with Crippen molar-refractivity contribution in [1.29, 1.82) is 0 Å². The number of amides is 1. The summed E-state index contributed by atoms with van der Waals surface area (Å²) in [7, 11) is 0. The number of rotatable bonds is 7. The summed E-state index contributed by atoms with van der Waals surface area (Å²) in [5, 5.41) is 11.3. The van der Waals surface area contributed by atoms with Crippen LogP contribution in [0.4, 0.5) is 0 Å². The lowest BCUT2D eigenvalue weighted by Gasteiger charge is -2.14. The number of carboxylic acids is 1. The van der Waals surface area contributed by atoms with Gasteiger partial charge in [0.2, 0.25) is 5.91 Å². The Kier molecular flexibility index (Phi) is 7.15. The highest BCUT2D eigenvalue weighted by atomic mass is 32.2. The SMILES string of the molecule is CSCCC(NC(=O)CC(C)N)C(=O)O. The van der Waals surface area contributed by atoms with E-state index in [0.29, 0.717) is 12.2 Å². The van der Waals surface area contributed by atoms with Crippen LogP contribution in [-0.2, 0) is 9.59 Å². The molecule has 0 aliphatic carbocycles. The van der Waals surface area contributed by atoms with Crippen molar-refractivity contribution in [1.82, 2.24) is 5.32 Å². The first-order valence-corrected chi connectivity index (χ1v) is 6.13. The Morgan fingerprint density at radius 2 is 2.13 bits per heavy atom. The van der Waals surface area contributed by atoms with E-state index in [1.165, 1.54) is 0 Å². The number of aliphatic carboxylic acids is 1. The smallest absolute Gasteiger partial charge is 0.326 e. The second-order valence-electron chi connectivity index (χ2n) is 3.42. The van der Waals surface area contributed by atoms with Crippen molar-refractivity contribution in [3.05, 3.63) is 0 Å². The topological polar surface area (TPSA) is 92.4 Å². The predicted octanol–water partition coefficient (Wildman–Crippen LogP) is 0.0462. The third-order valence-corrected chi connectivity index (χ3v) is 2.40. The van der Waals surface area contributed by atoms with Gasteiger partial charge in [0.25, 0.3) is 0 Å². The third kappa shape index (κ3) is 7.21. The van der Waals surface area contributed by atoms with Crippen molar-refractivity contribution in [3.8, 4) is 0 Å². The lowest BCUT2D eigenvalue weighted by atomic mass is 10.2. The van der Waals surface area contributed by atoms with Crippen LogP contribution in [-0.4, -0.2) is 41.1 Å². The van der Waals surface area contributed by atoms with Gasteiger partial charge in [-0.25, -0.2) is 4.79 Å². The van der Waals surface area contributed by atoms with Gasteiger partial charge in [-0.05, 0) is 25.4 Å². The quantitative estimate of drug-likeness (QED) is 0.578. The molecule has 1 amide bonds. The highest BCUT2D eigenvalue weighted by molar-refractivity contribution is 7.98. The Morgan fingerprint density at radius 3 is 2.53 bits per heavy atom. The molecule has 0 aliphatic heterocycles. The average Bonchev–Trinajstić information content (AvgIpc) is 2.10. The fourth-order valence-electron chi connectivity index (χ4n) is 1.04. The molecular formula is C9H18N2O3S. The zero-order chi connectivity index (χ0) is 11.8. The van der Waals surface area contributed by atoms with Crippen molar-refractivity contribution in [3.63, 3.8) is 0 Å². The summed E-state index contributed by atoms with van der Waals surface area (Å²) in [6.45, 7) is 1.71. The van der Waals surface area contributed by atoms with Crippen LogP contribution in [0.3, 0.4) is 0 Å². The first-order valence-electron chi connectivity index (χ1n) is 4.74. The molecule has 4 N–H and O–H groups in total. The van der Waals surface area contributed by atoms with Gasteiger partial charge in [0, 0.05) is 12.5 Å². The normalized spacial score (nSPS) is 14.3. The maximum Gasteiger partial charge on any atom is 0.326 e. The summed E-state index contributed by atoms with van der Waals surface area (Å²) in [4.78, 5) is 22.0. The van der Waals surface area contributed by atoms with Crippen LogP contribution in [0.25, 0.3) is 0 Å². The fourth-order valence-corrected chi connectivity index (χ4v) is 1.51. The number of hydrogen-bond donors (Lipinski definition) is 3. The molecule has 6 heteroatoms. The minimum Gasteiger partial charge on any atom is -0.480 e. The molecule has 88 valence electrons. The van der Waals surface area contributed by atoms with Gasteiger partial charge in [-0.1, -0.05) is 0 Å². The maximum atomic E-state index is 11.3. The van der Waals surface area contributed by atoms with E-state index >= 15 is 0 Å². The van der Waals surface area contributed by atoms with Gasteiger partial charge in [0.05, 0.1) is 0 Å². The van der Waals surface area contributed by atoms with Gasteiger partial charge in [-0.3, -0.25) is 4.79 Å². The van der Waals surface area contributed by atoms with E-state index in [9.17, 15) is 9.59 Å². The molecule has 5 nitrogen and oxygen atoms in total. The summed E-state index contributed by atoms with van der Waals surface area (Å²) in [5.41, 5.74) is 5.43. The molecule has 2 unspecified atom stereocenters. The summed E-state index contributed by atoms with van der Waals surface area (Å²) in [6, 6.07) is -1.05. The van der Waals surface area contributed by atoms with Crippen LogP contribution in [0.5, 0.6) is 0 Å². The zero-order valence-corrected chi connectivity index (χ0v) is 9.84. The Hall–Kier alpha value is -0.750. The van der Waals surface area contributed by atoms with Gasteiger partial charge >= 0.3 is 5.97 Å². The Morgan fingerprint density at radius 1 is 1.53 bits per heavy atom. The fraction of sp³-hybridized carbons (Fsp3) is 0.778. The lowest BCUT2D eigenvalue weighted by Crippen LogP contribution is -2.42. The molecule has 0 spiro atoms. The van der Waals surface area contributed by atoms with E-state index < -0.39 is 12.0 Å². The molecule has 0 rings (SSSR count). The molecule has 0 aromatic heterocycles. The van der Waals surface area contributed by atoms with Crippen molar-refractivity contribution in [2.45, 2.75) is 31.8 Å². The van der Waals surface area contributed by atoms with E-state index in [0.717, 1.165) is 0 Å². The van der Waals surface area contributed by atoms with Gasteiger partial charge < -0.3 is 16.2 Å². The van der Waals surface area contributed by atoms with Crippen LogP contribution < -0.4 is 11.1 Å². The Labute approximate surface area is 93.8 Å². The van der Waals surface area contributed by atoms with E-state index in [-0.39, 0.29) is 18.4 Å². The highest BCUT2D eigenvalue weighted by Gasteiger charge is 2.19.